The van der Waals surface area contributed by atoms with Gasteiger partial charge in [-0.3, -0.25) is 4.79 Å². The molecule has 1 unspecified atom stereocenters. The number of amides is 1. The highest BCUT2D eigenvalue weighted by Gasteiger charge is 2.24. The van der Waals surface area contributed by atoms with Gasteiger partial charge in [0.05, 0.1) is 24.1 Å². The maximum Gasteiger partial charge on any atom is 0.252 e. The smallest absolute Gasteiger partial charge is 0.252 e. The van der Waals surface area contributed by atoms with Gasteiger partial charge in [0.1, 0.15) is 11.6 Å². The van der Waals surface area contributed by atoms with Crippen molar-refractivity contribution in [3.8, 4) is 17.1 Å². The van der Waals surface area contributed by atoms with E-state index in [1.165, 1.54) is 18.2 Å². The summed E-state index contributed by atoms with van der Waals surface area (Å²) in [4.78, 5) is 28.7. The van der Waals surface area contributed by atoms with Crippen molar-refractivity contribution in [2.75, 3.05) is 18.0 Å². The minimum absolute atomic E-state index is 0.118. The summed E-state index contributed by atoms with van der Waals surface area (Å²) in [6.45, 7) is 3.77. The van der Waals surface area contributed by atoms with Crippen molar-refractivity contribution in [3.05, 3.63) is 132 Å². The Labute approximate surface area is 260 Å². The number of halogens is 1. The van der Waals surface area contributed by atoms with Crippen molar-refractivity contribution < 1.29 is 14.3 Å². The molecule has 45 heavy (non-hydrogen) atoms. The molecule has 1 aliphatic heterocycles. The van der Waals surface area contributed by atoms with Crippen molar-refractivity contribution in [1.29, 1.82) is 0 Å². The fraction of sp³-hybridized carbons (Fsp3) is 0.194. The van der Waals surface area contributed by atoms with E-state index in [0.717, 1.165) is 48.1 Å². The number of aryl methyl sites for hydroxylation is 1. The number of carbonyl (C=O) groups excluding carboxylic acids is 1. The number of fused-ring (bicyclic) bond motifs is 1. The Morgan fingerprint density at radius 1 is 0.978 bits per heavy atom. The van der Waals surface area contributed by atoms with E-state index in [1.54, 1.807) is 12.1 Å². The van der Waals surface area contributed by atoms with Crippen molar-refractivity contribution in [1.82, 2.24) is 24.8 Å². The molecule has 3 aromatic carbocycles. The number of H-pyrrole nitrogens is 1. The molecule has 8 nitrogen and oxygen atoms in total. The third kappa shape index (κ3) is 5.89. The van der Waals surface area contributed by atoms with Gasteiger partial charge >= 0.3 is 0 Å². The quantitative estimate of drug-likeness (QED) is 0.184. The lowest BCUT2D eigenvalue weighted by molar-refractivity contribution is 0.0942. The van der Waals surface area contributed by atoms with Crippen LogP contribution < -0.4 is 10.2 Å². The summed E-state index contributed by atoms with van der Waals surface area (Å²) in [7, 11) is 0. The molecule has 4 heterocycles. The van der Waals surface area contributed by atoms with Crippen molar-refractivity contribution in [2.24, 2.45) is 0 Å². The van der Waals surface area contributed by atoms with E-state index in [2.05, 4.69) is 54.3 Å². The van der Waals surface area contributed by atoms with Crippen LogP contribution in [0, 0.1) is 12.7 Å². The number of anilines is 1. The minimum Gasteiger partial charge on any atom is -0.508 e. The van der Waals surface area contributed by atoms with Crippen molar-refractivity contribution >= 4 is 22.5 Å². The standard InChI is InChI=1S/C36H33FN6O2/c1-23-16-25(35-38-21-29(22-39-35)43-14-10-28(11-15-43)42-12-4-5-13-42)18-26(17-23)36(45)41-34(30-20-27(37)8-9-33(30)44)32-19-24-6-2-3-7-31(24)40-32/h2-9,12-13,16-22,28,34,40,44H,10-11,14-15H2,1H3,(H,41,45). The highest BCUT2D eigenvalue weighted by Crippen LogP contribution is 2.32. The normalized spacial score (nSPS) is 14.5. The summed E-state index contributed by atoms with van der Waals surface area (Å²) in [6, 6.07) is 22.6. The van der Waals surface area contributed by atoms with Crippen molar-refractivity contribution in [3.63, 3.8) is 0 Å². The van der Waals surface area contributed by atoms with Gasteiger partial charge in [-0.2, -0.15) is 0 Å². The lowest BCUT2D eigenvalue weighted by atomic mass is 10.0. The number of aromatic amines is 1. The van der Waals surface area contributed by atoms with Crippen LogP contribution in [-0.4, -0.2) is 43.6 Å². The largest absolute Gasteiger partial charge is 0.508 e. The molecule has 1 aliphatic rings. The SMILES string of the molecule is Cc1cc(C(=O)NC(c2cc3ccccc3[nH]2)c2cc(F)ccc2O)cc(-c2ncc(N3CCC(n4cccc4)CC3)cn2)c1. The molecule has 6 aromatic rings. The van der Waals surface area contributed by atoms with E-state index < -0.39 is 11.9 Å². The third-order valence-corrected chi connectivity index (χ3v) is 8.55. The zero-order chi connectivity index (χ0) is 30.9. The molecular weight excluding hydrogens is 567 g/mol. The number of nitrogens with one attached hydrogen (secondary N) is 2. The van der Waals surface area contributed by atoms with Gasteiger partial charge in [-0.15, -0.1) is 0 Å². The summed E-state index contributed by atoms with van der Waals surface area (Å²) < 4.78 is 16.6. The Hall–Kier alpha value is -5.44. The number of phenolic OH excluding ortho intramolecular Hbond substituents is 1. The van der Waals surface area contributed by atoms with E-state index in [-0.39, 0.29) is 17.2 Å². The van der Waals surface area contributed by atoms with Gasteiger partial charge in [0.25, 0.3) is 5.91 Å². The molecule has 1 amide bonds. The maximum absolute atomic E-state index is 14.4. The lowest BCUT2D eigenvalue weighted by Gasteiger charge is -2.33. The Balaban J connectivity index is 1.12. The molecule has 3 aromatic heterocycles. The Morgan fingerprint density at radius 2 is 1.73 bits per heavy atom. The van der Waals surface area contributed by atoms with Crippen LogP contribution in [0.15, 0.2) is 104 Å². The minimum atomic E-state index is -0.832. The molecule has 0 bridgehead atoms. The monoisotopic (exact) mass is 600 g/mol. The number of phenols is 1. The highest BCUT2D eigenvalue weighted by atomic mass is 19.1. The Kier molecular flexibility index (Phi) is 7.51. The maximum atomic E-state index is 14.4. The predicted octanol–water partition coefficient (Wildman–Crippen LogP) is 6.94. The van der Waals surface area contributed by atoms with Crippen molar-refractivity contribution in [2.45, 2.75) is 31.8 Å². The average Bonchev–Trinajstić information content (AvgIpc) is 3.76. The van der Waals surface area contributed by atoms with E-state index >= 15 is 0 Å². The van der Waals surface area contributed by atoms with Gasteiger partial charge in [0.15, 0.2) is 5.82 Å². The van der Waals surface area contributed by atoms with E-state index in [9.17, 15) is 14.3 Å². The number of aromatic hydroxyl groups is 1. The number of hydrogen-bond acceptors (Lipinski definition) is 5. The number of piperidine rings is 1. The molecule has 0 saturated carbocycles. The number of para-hydroxylation sites is 1. The van der Waals surface area contributed by atoms with Gasteiger partial charge in [-0.1, -0.05) is 18.2 Å². The summed E-state index contributed by atoms with van der Waals surface area (Å²) in [5.41, 5.74) is 4.70. The first kappa shape index (κ1) is 28.3. The molecule has 1 atom stereocenters. The van der Waals surface area contributed by atoms with E-state index in [1.807, 2.05) is 55.7 Å². The molecule has 0 radical (unpaired) electrons. The Morgan fingerprint density at radius 3 is 2.49 bits per heavy atom. The van der Waals surface area contributed by atoms with E-state index in [0.29, 0.717) is 28.7 Å². The zero-order valence-corrected chi connectivity index (χ0v) is 24.8. The lowest BCUT2D eigenvalue weighted by Crippen LogP contribution is -2.34. The molecule has 7 rings (SSSR count). The fourth-order valence-electron chi connectivity index (χ4n) is 6.24. The van der Waals surface area contributed by atoms with Gasteiger partial charge in [-0.05, 0) is 91.4 Å². The van der Waals surface area contributed by atoms with Gasteiger partial charge in [-0.25, -0.2) is 14.4 Å². The van der Waals surface area contributed by atoms with Crippen LogP contribution in [-0.2, 0) is 0 Å². The van der Waals surface area contributed by atoms with Crippen LogP contribution >= 0.6 is 0 Å². The van der Waals surface area contributed by atoms with Crippen LogP contribution in [0.4, 0.5) is 10.1 Å². The predicted molar refractivity (Wildman–Crippen MR) is 173 cm³/mol. The molecule has 3 N–H and O–H groups in total. The number of carbonyl (C=O) groups is 1. The number of hydrogen-bond donors (Lipinski definition) is 3. The first-order valence-electron chi connectivity index (χ1n) is 15.1. The molecule has 1 fully saturated rings. The highest BCUT2D eigenvalue weighted by molar-refractivity contribution is 5.96. The van der Waals surface area contributed by atoms with Gasteiger partial charge in [0.2, 0.25) is 0 Å². The third-order valence-electron chi connectivity index (χ3n) is 8.55. The second kappa shape index (κ2) is 11.9. The second-order valence-corrected chi connectivity index (χ2v) is 11.6. The summed E-state index contributed by atoms with van der Waals surface area (Å²) >= 11 is 0. The topological polar surface area (TPSA) is 99.1 Å². The number of nitrogens with zero attached hydrogens (tertiary/aromatic N) is 4. The Bertz CT molecular complexity index is 1930. The van der Waals surface area contributed by atoms with Crippen LogP contribution in [0.5, 0.6) is 5.75 Å². The number of benzene rings is 3. The molecular formula is C36H33FN6O2. The van der Waals surface area contributed by atoms with Crippen LogP contribution in [0.1, 0.15) is 52.1 Å². The van der Waals surface area contributed by atoms with E-state index in [4.69, 9.17) is 0 Å². The fourth-order valence-corrected chi connectivity index (χ4v) is 6.24. The molecule has 1 saturated heterocycles. The summed E-state index contributed by atoms with van der Waals surface area (Å²) in [5.74, 6) is -0.488. The zero-order valence-electron chi connectivity index (χ0n) is 24.8. The van der Waals surface area contributed by atoms with Gasteiger partial charge in [0, 0.05) is 59.4 Å². The molecule has 0 spiro atoms. The number of rotatable bonds is 7. The molecule has 0 aliphatic carbocycles. The first-order chi connectivity index (χ1) is 21.9. The average molecular weight is 601 g/mol. The summed E-state index contributed by atoms with van der Waals surface area (Å²) in [6.07, 6.45) is 10.1. The second-order valence-electron chi connectivity index (χ2n) is 11.6. The van der Waals surface area contributed by atoms with Crippen LogP contribution in [0.3, 0.4) is 0 Å². The summed E-state index contributed by atoms with van der Waals surface area (Å²) in [5, 5.41) is 14.6. The first-order valence-corrected chi connectivity index (χ1v) is 15.1. The molecule has 226 valence electrons. The van der Waals surface area contributed by atoms with Crippen LogP contribution in [0.2, 0.25) is 0 Å². The van der Waals surface area contributed by atoms with Crippen LogP contribution in [0.25, 0.3) is 22.3 Å². The molecule has 9 heteroatoms. The number of aromatic nitrogens is 4. The van der Waals surface area contributed by atoms with Gasteiger partial charge < -0.3 is 24.9 Å².